The van der Waals surface area contributed by atoms with Gasteiger partial charge in [0, 0.05) is 42.9 Å². The molecule has 2 heterocycles. The Balaban J connectivity index is 2.32. The van der Waals surface area contributed by atoms with Crippen LogP contribution >= 0.6 is 11.6 Å². The third kappa shape index (κ3) is 2.33. The minimum Gasteiger partial charge on any atom is -0.373 e. The number of fused-ring (bicyclic) bond motifs is 1. The average molecular weight is 318 g/mol. The smallest absolute Gasteiger partial charge is 0.258 e. The predicted octanol–water partition coefficient (Wildman–Crippen LogP) is 3.43. The van der Waals surface area contributed by atoms with Crippen molar-refractivity contribution in [2.75, 3.05) is 12.4 Å². The van der Waals surface area contributed by atoms with Crippen LogP contribution in [-0.2, 0) is 7.05 Å². The summed E-state index contributed by atoms with van der Waals surface area (Å²) in [6, 6.07) is 7.52. The van der Waals surface area contributed by atoms with Gasteiger partial charge in [0.2, 0.25) is 0 Å². The van der Waals surface area contributed by atoms with Crippen LogP contribution in [0.15, 0.2) is 41.3 Å². The van der Waals surface area contributed by atoms with Gasteiger partial charge in [0.05, 0.1) is 10.5 Å². The molecule has 4 nitrogen and oxygen atoms in total. The van der Waals surface area contributed by atoms with E-state index in [4.69, 9.17) is 11.6 Å². The number of hydrogen-bond donors (Lipinski definition) is 1. The molecule has 0 amide bonds. The van der Waals surface area contributed by atoms with Gasteiger partial charge in [-0.3, -0.25) is 4.79 Å². The second-order valence-electron chi connectivity index (χ2n) is 4.92. The molecule has 0 atom stereocenters. The van der Waals surface area contributed by atoms with Crippen LogP contribution in [0.2, 0.25) is 5.02 Å². The van der Waals surface area contributed by atoms with Crippen molar-refractivity contribution < 1.29 is 4.39 Å². The highest BCUT2D eigenvalue weighted by molar-refractivity contribution is 6.33. The summed E-state index contributed by atoms with van der Waals surface area (Å²) in [5, 5.41) is 3.95. The van der Waals surface area contributed by atoms with Gasteiger partial charge in [-0.25, -0.2) is 9.37 Å². The van der Waals surface area contributed by atoms with E-state index in [-0.39, 0.29) is 10.6 Å². The first kappa shape index (κ1) is 14.5. The van der Waals surface area contributed by atoms with Crippen molar-refractivity contribution in [1.29, 1.82) is 0 Å². The lowest BCUT2D eigenvalue weighted by Crippen LogP contribution is -2.19. The maximum absolute atomic E-state index is 13.2. The monoisotopic (exact) mass is 317 g/mol. The molecule has 6 heteroatoms. The van der Waals surface area contributed by atoms with E-state index in [1.165, 1.54) is 22.8 Å². The summed E-state index contributed by atoms with van der Waals surface area (Å²) in [4.78, 5) is 16.8. The Hall–Kier alpha value is -2.40. The molecular formula is C16H13ClFN3O. The fourth-order valence-corrected chi connectivity index (χ4v) is 2.67. The molecule has 2 aromatic heterocycles. The number of nitrogens with zero attached hydrogens (tertiary/aromatic N) is 2. The second-order valence-corrected chi connectivity index (χ2v) is 5.33. The lowest BCUT2D eigenvalue weighted by Gasteiger charge is -2.11. The van der Waals surface area contributed by atoms with Gasteiger partial charge < -0.3 is 9.88 Å². The van der Waals surface area contributed by atoms with Crippen molar-refractivity contribution in [1.82, 2.24) is 9.55 Å². The van der Waals surface area contributed by atoms with Crippen LogP contribution in [0.5, 0.6) is 0 Å². The Kier molecular flexibility index (Phi) is 3.58. The maximum atomic E-state index is 13.2. The highest BCUT2D eigenvalue weighted by Gasteiger charge is 2.13. The van der Waals surface area contributed by atoms with Crippen molar-refractivity contribution in [3.8, 4) is 11.1 Å². The van der Waals surface area contributed by atoms with Gasteiger partial charge in [0.1, 0.15) is 11.6 Å². The van der Waals surface area contributed by atoms with Gasteiger partial charge in [0.25, 0.3) is 5.56 Å². The van der Waals surface area contributed by atoms with Gasteiger partial charge in [-0.1, -0.05) is 11.6 Å². The minimum absolute atomic E-state index is 0.200. The summed E-state index contributed by atoms with van der Waals surface area (Å²) >= 11 is 6.07. The Bertz CT molecular complexity index is 937. The number of aromatic nitrogens is 2. The summed E-state index contributed by atoms with van der Waals surface area (Å²) in [7, 11) is 3.45. The quantitative estimate of drug-likeness (QED) is 0.787. The summed E-state index contributed by atoms with van der Waals surface area (Å²) in [6.45, 7) is 0. The van der Waals surface area contributed by atoms with Crippen LogP contribution in [0, 0.1) is 5.82 Å². The molecule has 0 bridgehead atoms. The van der Waals surface area contributed by atoms with Crippen LogP contribution in [0.25, 0.3) is 22.0 Å². The third-order valence-corrected chi connectivity index (χ3v) is 3.90. The summed E-state index contributed by atoms with van der Waals surface area (Å²) in [6.07, 6.45) is 1.68. The van der Waals surface area contributed by atoms with Gasteiger partial charge in [-0.2, -0.15) is 0 Å². The molecule has 22 heavy (non-hydrogen) atoms. The maximum Gasteiger partial charge on any atom is 0.258 e. The fourth-order valence-electron chi connectivity index (χ4n) is 2.40. The normalized spacial score (nSPS) is 10.9. The molecule has 0 spiro atoms. The zero-order valence-electron chi connectivity index (χ0n) is 12.0. The Morgan fingerprint density at radius 3 is 2.68 bits per heavy atom. The molecule has 0 fully saturated rings. The summed E-state index contributed by atoms with van der Waals surface area (Å²) < 4.78 is 14.7. The first-order valence-electron chi connectivity index (χ1n) is 6.64. The van der Waals surface area contributed by atoms with Crippen LogP contribution in [0.3, 0.4) is 0 Å². The number of pyridine rings is 2. The molecule has 3 rings (SSSR count). The lowest BCUT2D eigenvalue weighted by atomic mass is 10.1. The number of anilines is 1. The number of rotatable bonds is 2. The Morgan fingerprint density at radius 1 is 1.23 bits per heavy atom. The van der Waals surface area contributed by atoms with E-state index in [9.17, 15) is 9.18 Å². The van der Waals surface area contributed by atoms with Crippen molar-refractivity contribution in [3.05, 3.63) is 57.7 Å². The van der Waals surface area contributed by atoms with Crippen LogP contribution in [0.1, 0.15) is 0 Å². The molecule has 0 radical (unpaired) electrons. The summed E-state index contributed by atoms with van der Waals surface area (Å²) in [5.41, 5.74) is 1.47. The number of aryl methyl sites for hydroxylation is 1. The van der Waals surface area contributed by atoms with E-state index < -0.39 is 5.82 Å². The van der Waals surface area contributed by atoms with E-state index in [2.05, 4.69) is 10.3 Å². The third-order valence-electron chi connectivity index (χ3n) is 3.59. The molecule has 112 valence electrons. The van der Waals surface area contributed by atoms with Gasteiger partial charge in [0.15, 0.2) is 0 Å². The minimum atomic E-state index is -0.438. The Labute approximate surface area is 131 Å². The van der Waals surface area contributed by atoms with Crippen LogP contribution < -0.4 is 10.9 Å². The van der Waals surface area contributed by atoms with Gasteiger partial charge in [-0.15, -0.1) is 0 Å². The molecule has 1 N–H and O–H groups in total. The highest BCUT2D eigenvalue weighted by atomic mass is 35.5. The number of hydrogen-bond acceptors (Lipinski definition) is 3. The van der Waals surface area contributed by atoms with E-state index in [0.717, 1.165) is 10.9 Å². The SMILES string of the molecule is CNc1cc2c(cn1)cc(-c1ccc(F)cc1Cl)c(=O)n2C. The van der Waals surface area contributed by atoms with E-state index in [0.29, 0.717) is 16.9 Å². The first-order valence-corrected chi connectivity index (χ1v) is 7.02. The number of nitrogens with one attached hydrogen (secondary N) is 1. The van der Waals surface area contributed by atoms with Crippen LogP contribution in [-0.4, -0.2) is 16.6 Å². The first-order chi connectivity index (χ1) is 10.5. The number of halogens is 2. The highest BCUT2D eigenvalue weighted by Crippen LogP contribution is 2.28. The number of benzene rings is 1. The van der Waals surface area contributed by atoms with Crippen LogP contribution in [0.4, 0.5) is 10.2 Å². The molecule has 0 aliphatic heterocycles. The molecular weight excluding hydrogens is 305 g/mol. The molecule has 0 aliphatic rings. The zero-order chi connectivity index (χ0) is 15.9. The molecule has 0 saturated heterocycles. The predicted molar refractivity (Wildman–Crippen MR) is 86.9 cm³/mol. The van der Waals surface area contributed by atoms with E-state index in [1.807, 2.05) is 0 Å². The average Bonchev–Trinajstić information content (AvgIpc) is 2.51. The fraction of sp³-hybridized carbons (Fsp3) is 0.125. The van der Waals surface area contributed by atoms with Crippen molar-refractivity contribution in [2.45, 2.75) is 0 Å². The largest absolute Gasteiger partial charge is 0.373 e. The Morgan fingerprint density at radius 2 is 2.00 bits per heavy atom. The zero-order valence-corrected chi connectivity index (χ0v) is 12.8. The topological polar surface area (TPSA) is 46.9 Å². The van der Waals surface area contributed by atoms with Crippen molar-refractivity contribution in [2.24, 2.45) is 7.05 Å². The second kappa shape index (κ2) is 5.42. The summed E-state index contributed by atoms with van der Waals surface area (Å²) in [5.74, 6) is 0.238. The standard InChI is InChI=1S/C16H13ClFN3O/c1-19-15-7-14-9(8-20-15)5-12(16(22)21(14)2)11-4-3-10(18)6-13(11)17/h3-8H,1-2H3,(H,19,20). The van der Waals surface area contributed by atoms with Crippen molar-refractivity contribution in [3.63, 3.8) is 0 Å². The van der Waals surface area contributed by atoms with Crippen molar-refractivity contribution >= 4 is 28.3 Å². The molecule has 0 saturated carbocycles. The molecule has 3 aromatic rings. The van der Waals surface area contributed by atoms with E-state index in [1.54, 1.807) is 32.4 Å². The van der Waals surface area contributed by atoms with E-state index >= 15 is 0 Å². The molecule has 0 aliphatic carbocycles. The molecule has 0 unspecified atom stereocenters. The van der Waals surface area contributed by atoms with Gasteiger partial charge >= 0.3 is 0 Å². The lowest BCUT2D eigenvalue weighted by molar-refractivity contribution is 0.628. The van der Waals surface area contributed by atoms with Gasteiger partial charge in [-0.05, 0) is 24.3 Å². The molecule has 1 aromatic carbocycles.